The fraction of sp³-hybridized carbons (Fsp3) is 0.357. The molecule has 4 amide bonds. The third kappa shape index (κ3) is 5.55. The lowest BCUT2D eigenvalue weighted by atomic mass is 9.96. The molecular formula is C28H26F3N5O5S. The molecule has 2 aromatic carbocycles. The molecule has 0 bridgehead atoms. The molecule has 2 aliphatic heterocycles. The Balaban J connectivity index is 2.02. The number of sulfone groups is 1. The van der Waals surface area contributed by atoms with Crippen LogP contribution in [0.25, 0.3) is 4.85 Å². The Kier molecular flexibility index (Phi) is 8.34. The number of nitrogens with zero attached hydrogens (tertiary/aromatic N) is 5. The van der Waals surface area contributed by atoms with Gasteiger partial charge in [0.15, 0.2) is 9.84 Å². The molecule has 2 atom stereocenters. The van der Waals surface area contributed by atoms with Gasteiger partial charge in [0.05, 0.1) is 41.3 Å². The lowest BCUT2D eigenvalue weighted by molar-refractivity contribution is -0.137. The summed E-state index contributed by atoms with van der Waals surface area (Å²) in [5, 5.41) is 19.3. The zero-order valence-electron chi connectivity index (χ0n) is 22.6. The van der Waals surface area contributed by atoms with Gasteiger partial charge >= 0.3 is 18.2 Å². The first-order valence-electron chi connectivity index (χ1n) is 12.8. The second kappa shape index (κ2) is 11.5. The van der Waals surface area contributed by atoms with Crippen LogP contribution in [0.5, 0.6) is 0 Å². The molecule has 4 rings (SSSR count). The monoisotopic (exact) mass is 601 g/mol. The van der Waals surface area contributed by atoms with Crippen LogP contribution >= 0.6 is 0 Å². The molecule has 0 aromatic heterocycles. The molecule has 42 heavy (non-hydrogen) atoms. The first-order valence-corrected chi connectivity index (χ1v) is 14.7. The highest BCUT2D eigenvalue weighted by Crippen LogP contribution is 2.44. The zero-order chi connectivity index (χ0) is 31.0. The number of aliphatic hydroxyl groups excluding tert-OH is 1. The first-order chi connectivity index (χ1) is 19.7. The molecule has 0 spiro atoms. The fourth-order valence-electron chi connectivity index (χ4n) is 5.27. The minimum absolute atomic E-state index is 0.0220. The van der Waals surface area contributed by atoms with Crippen molar-refractivity contribution in [2.24, 2.45) is 0 Å². The molecule has 1 N–H and O–H groups in total. The molecule has 0 saturated carbocycles. The Hall–Kier alpha value is -4.40. The number of piperidine rings is 1. The van der Waals surface area contributed by atoms with Crippen molar-refractivity contribution >= 4 is 27.6 Å². The van der Waals surface area contributed by atoms with Gasteiger partial charge in [-0.25, -0.2) is 27.8 Å². The van der Waals surface area contributed by atoms with E-state index in [0.717, 1.165) is 29.4 Å². The summed E-state index contributed by atoms with van der Waals surface area (Å²) in [4.78, 5) is 34.3. The van der Waals surface area contributed by atoms with Gasteiger partial charge in [0.2, 0.25) is 5.70 Å². The third-order valence-electron chi connectivity index (χ3n) is 7.30. The Morgan fingerprint density at radius 2 is 1.93 bits per heavy atom. The van der Waals surface area contributed by atoms with Crippen LogP contribution in [0.15, 0.2) is 58.8 Å². The summed E-state index contributed by atoms with van der Waals surface area (Å²) in [5.41, 5.74) is -1.87. The minimum Gasteiger partial charge on any atom is -0.394 e. The summed E-state index contributed by atoms with van der Waals surface area (Å²) in [7, 11) is -4.08. The van der Waals surface area contributed by atoms with Crippen LogP contribution in [-0.4, -0.2) is 60.8 Å². The van der Waals surface area contributed by atoms with Gasteiger partial charge in [0, 0.05) is 24.2 Å². The molecule has 2 aromatic rings. The van der Waals surface area contributed by atoms with E-state index >= 15 is 0 Å². The quantitative estimate of drug-likeness (QED) is 0.487. The number of rotatable bonds is 4. The highest BCUT2D eigenvalue weighted by atomic mass is 32.2. The first kappa shape index (κ1) is 30.6. The molecule has 14 heteroatoms. The number of halogens is 3. The van der Waals surface area contributed by atoms with E-state index in [9.17, 15) is 41.5 Å². The lowest BCUT2D eigenvalue weighted by Gasteiger charge is -2.45. The van der Waals surface area contributed by atoms with Crippen LogP contribution in [0, 0.1) is 17.9 Å². The Morgan fingerprint density at radius 1 is 1.21 bits per heavy atom. The number of anilines is 1. The van der Waals surface area contributed by atoms with E-state index in [2.05, 4.69) is 4.85 Å². The van der Waals surface area contributed by atoms with Crippen LogP contribution < -0.4 is 4.90 Å². The smallest absolute Gasteiger partial charge is 0.394 e. The van der Waals surface area contributed by atoms with E-state index in [0.29, 0.717) is 30.2 Å². The second-order valence-corrected chi connectivity index (χ2v) is 11.9. The number of imide groups is 1. The normalized spacial score (nSPS) is 19.9. The number of amides is 4. The highest BCUT2D eigenvalue weighted by molar-refractivity contribution is 7.90. The number of allylic oxidation sites excluding steroid dienone is 1. The van der Waals surface area contributed by atoms with E-state index in [1.54, 1.807) is 0 Å². The maximum atomic E-state index is 14.2. The van der Waals surface area contributed by atoms with Crippen molar-refractivity contribution in [1.82, 2.24) is 9.80 Å². The zero-order valence-corrected chi connectivity index (χ0v) is 23.4. The summed E-state index contributed by atoms with van der Waals surface area (Å²) in [6, 6.07) is 4.94. The molecule has 1 fully saturated rings. The van der Waals surface area contributed by atoms with Crippen molar-refractivity contribution in [2.75, 3.05) is 24.3 Å². The van der Waals surface area contributed by atoms with Crippen LogP contribution in [0.1, 0.15) is 48.9 Å². The standard InChI is InChI=1S/C28H26F3N5O5S/c1-17-24(33-2)25(22-11-10-18(15-32)13-23(22)42(3,40)41)36(26(38)34-12-5-4-8-21(34)16-37)27(39)35(17)20-9-6-7-19(14-20)28(29,30)31/h6-7,9-11,13-14,21,25,37H,4-5,8,12,16H2,1,3H3/t21?,25-/m1/s1. The van der Waals surface area contributed by atoms with Crippen molar-refractivity contribution in [3.63, 3.8) is 0 Å². The van der Waals surface area contributed by atoms with Crippen molar-refractivity contribution in [3.05, 3.63) is 82.0 Å². The topological polar surface area (TPSA) is 126 Å². The number of benzene rings is 2. The van der Waals surface area contributed by atoms with E-state index < -0.39 is 57.2 Å². The summed E-state index contributed by atoms with van der Waals surface area (Å²) in [6.07, 6.45) is -2.21. The van der Waals surface area contributed by atoms with Gasteiger partial charge in [0.1, 0.15) is 6.04 Å². The number of nitriles is 1. The molecular weight excluding hydrogens is 575 g/mol. The maximum absolute atomic E-state index is 14.2. The number of likely N-dealkylation sites (tertiary alicyclic amines) is 1. The van der Waals surface area contributed by atoms with Gasteiger partial charge in [-0.3, -0.25) is 4.90 Å². The van der Waals surface area contributed by atoms with Gasteiger partial charge < -0.3 is 10.0 Å². The Morgan fingerprint density at radius 3 is 2.52 bits per heavy atom. The molecule has 1 unspecified atom stereocenters. The molecule has 0 aliphatic carbocycles. The number of carbonyl (C=O) groups excluding carboxylic acids is 2. The predicted molar refractivity (Wildman–Crippen MR) is 144 cm³/mol. The van der Waals surface area contributed by atoms with E-state index in [1.165, 1.54) is 30.0 Å². The summed E-state index contributed by atoms with van der Waals surface area (Å²) < 4.78 is 66.4. The largest absolute Gasteiger partial charge is 0.416 e. The lowest BCUT2D eigenvalue weighted by Crippen LogP contribution is -2.59. The number of hydrogen-bond acceptors (Lipinski definition) is 6. The van der Waals surface area contributed by atoms with Crippen LogP contribution in [0.3, 0.4) is 0 Å². The van der Waals surface area contributed by atoms with Crippen molar-refractivity contribution in [1.29, 1.82) is 5.26 Å². The third-order valence-corrected chi connectivity index (χ3v) is 8.45. The average molecular weight is 602 g/mol. The van der Waals surface area contributed by atoms with E-state index in [1.807, 2.05) is 6.07 Å². The minimum atomic E-state index is -4.75. The average Bonchev–Trinajstić information content (AvgIpc) is 2.95. The second-order valence-electron chi connectivity index (χ2n) is 9.97. The molecule has 0 radical (unpaired) electrons. The summed E-state index contributed by atoms with van der Waals surface area (Å²) in [5.74, 6) is 0. The molecule has 2 aliphatic rings. The van der Waals surface area contributed by atoms with Crippen molar-refractivity contribution < 1.29 is 36.3 Å². The van der Waals surface area contributed by atoms with Gasteiger partial charge in [-0.15, -0.1) is 0 Å². The van der Waals surface area contributed by atoms with Crippen LogP contribution in [-0.2, 0) is 16.0 Å². The Bertz CT molecular complexity index is 1660. The maximum Gasteiger partial charge on any atom is 0.416 e. The predicted octanol–water partition coefficient (Wildman–Crippen LogP) is 5.08. The van der Waals surface area contributed by atoms with Gasteiger partial charge in [-0.05, 0) is 62.1 Å². The number of alkyl halides is 3. The summed E-state index contributed by atoms with van der Waals surface area (Å²) in [6.45, 7) is 9.02. The van der Waals surface area contributed by atoms with Gasteiger partial charge in [0.25, 0.3) is 0 Å². The number of hydrogen-bond donors (Lipinski definition) is 1. The van der Waals surface area contributed by atoms with Crippen molar-refractivity contribution in [2.45, 2.75) is 49.3 Å². The molecule has 1 saturated heterocycles. The Labute approximate surface area is 240 Å². The van der Waals surface area contributed by atoms with E-state index in [4.69, 9.17) is 6.57 Å². The molecule has 2 heterocycles. The van der Waals surface area contributed by atoms with Gasteiger partial charge in [-0.1, -0.05) is 12.1 Å². The van der Waals surface area contributed by atoms with E-state index in [-0.39, 0.29) is 34.8 Å². The fourth-order valence-corrected chi connectivity index (χ4v) is 6.22. The van der Waals surface area contributed by atoms with Crippen LogP contribution in [0.4, 0.5) is 28.4 Å². The number of urea groups is 2. The highest BCUT2D eigenvalue weighted by Gasteiger charge is 2.47. The number of carbonyl (C=O) groups is 2. The molecule has 220 valence electrons. The summed E-state index contributed by atoms with van der Waals surface area (Å²) >= 11 is 0. The van der Waals surface area contributed by atoms with Crippen LogP contribution in [0.2, 0.25) is 0 Å². The van der Waals surface area contributed by atoms with Gasteiger partial charge in [-0.2, -0.15) is 18.4 Å². The SMILES string of the molecule is [C-]#[N+]C1=C(C)N(c2cccc(C(F)(F)F)c2)C(=O)N(C(=O)N2CCCCC2CO)[C@@H]1c1ccc(C#N)cc1S(C)(=O)=O. The molecule has 10 nitrogen and oxygen atoms in total. The number of aliphatic hydroxyl groups is 1. The van der Waals surface area contributed by atoms with Crippen molar-refractivity contribution in [3.8, 4) is 6.07 Å².